The Morgan fingerprint density at radius 3 is 0.694 bits per heavy atom. The van der Waals surface area contributed by atoms with Crippen LogP contribution in [0.4, 0.5) is 0 Å². The van der Waals surface area contributed by atoms with E-state index in [1.54, 1.807) is 0 Å². The SMILES string of the molecule is CCCCCCOP(=O)([O-])CCCCCC.CCCCCCOP(=O)([O-])CCCCCC.CCCCCCOP(=O)([O-])CCCCCC.[Nd+3]. The van der Waals surface area contributed by atoms with Crippen molar-refractivity contribution in [1.82, 2.24) is 0 Å². The van der Waals surface area contributed by atoms with Gasteiger partial charge in [-0.25, -0.2) is 0 Å². The van der Waals surface area contributed by atoms with E-state index in [1.165, 1.54) is 0 Å². The summed E-state index contributed by atoms with van der Waals surface area (Å²) in [5.41, 5.74) is 0. The molecule has 0 saturated carbocycles. The van der Waals surface area contributed by atoms with Crippen molar-refractivity contribution < 1.29 is 82.8 Å². The molecule has 13 heteroatoms. The van der Waals surface area contributed by atoms with Crippen LogP contribution >= 0.6 is 22.8 Å². The standard InChI is InChI=1S/3C12H27O3P.Nd/c3*1-3-5-7-9-11-15-16(13,14)12-10-8-6-4-2;/h3*3-12H2,1-2H3,(H,13,14);/q;;;+3/p-3. The molecule has 0 heterocycles. The van der Waals surface area contributed by atoms with Crippen LogP contribution in [-0.2, 0) is 27.3 Å². The fraction of sp³-hybridized carbons (Fsp3) is 1.00. The van der Waals surface area contributed by atoms with E-state index in [4.69, 9.17) is 13.6 Å². The summed E-state index contributed by atoms with van der Waals surface area (Å²) in [7, 11) is -10.6. The van der Waals surface area contributed by atoms with Gasteiger partial charge in [0.15, 0.2) is 0 Å². The minimum atomic E-state index is -3.53. The van der Waals surface area contributed by atoms with Crippen LogP contribution in [0.3, 0.4) is 0 Å². The van der Waals surface area contributed by atoms with Gasteiger partial charge < -0.3 is 41.9 Å². The Hall–Kier alpha value is 1.80. The molecule has 0 aromatic rings. The molecule has 0 saturated heterocycles. The van der Waals surface area contributed by atoms with E-state index in [0.717, 1.165) is 154 Å². The van der Waals surface area contributed by atoms with Gasteiger partial charge in [0, 0.05) is 18.5 Å². The zero-order valence-electron chi connectivity index (χ0n) is 32.7. The summed E-state index contributed by atoms with van der Waals surface area (Å²) in [5, 5.41) is 0. The zero-order valence-corrected chi connectivity index (χ0v) is 38.6. The van der Waals surface area contributed by atoms with E-state index in [2.05, 4.69) is 41.5 Å². The maximum Gasteiger partial charge on any atom is 3.00 e. The van der Waals surface area contributed by atoms with Crippen molar-refractivity contribution in [3.63, 3.8) is 0 Å². The predicted molar refractivity (Wildman–Crippen MR) is 200 cm³/mol. The van der Waals surface area contributed by atoms with Crippen LogP contribution in [0.15, 0.2) is 0 Å². The predicted octanol–water partition coefficient (Wildman–Crippen LogP) is 11.2. The molecule has 0 aromatic heterocycles. The van der Waals surface area contributed by atoms with E-state index < -0.39 is 22.8 Å². The second kappa shape index (κ2) is 42.5. The molecule has 9 nitrogen and oxygen atoms in total. The Morgan fingerprint density at radius 1 is 0.327 bits per heavy atom. The van der Waals surface area contributed by atoms with Crippen molar-refractivity contribution in [3.05, 3.63) is 0 Å². The molecule has 0 spiro atoms. The van der Waals surface area contributed by atoms with Crippen LogP contribution in [0.1, 0.15) is 196 Å². The molecule has 0 aromatic carbocycles. The maximum absolute atomic E-state index is 11.4. The first-order chi connectivity index (χ1) is 22.9. The van der Waals surface area contributed by atoms with E-state index in [9.17, 15) is 28.4 Å². The normalized spacial score (nSPS) is 14.6. The molecular weight excluding hydrogens is 814 g/mol. The maximum atomic E-state index is 11.4. The van der Waals surface area contributed by atoms with Crippen LogP contribution in [0.2, 0.25) is 0 Å². The minimum absolute atomic E-state index is 0. The summed E-state index contributed by atoms with van der Waals surface area (Å²) in [4.78, 5) is 34.3. The Labute approximate surface area is 337 Å². The van der Waals surface area contributed by atoms with Crippen molar-refractivity contribution in [3.8, 4) is 0 Å². The molecule has 0 aliphatic heterocycles. The first kappa shape index (κ1) is 57.5. The summed E-state index contributed by atoms with van der Waals surface area (Å²) in [6.45, 7) is 13.8. The smallest absolute Gasteiger partial charge is 0.778 e. The largest absolute Gasteiger partial charge is 3.00 e. The van der Waals surface area contributed by atoms with E-state index in [1.807, 2.05) is 0 Å². The minimum Gasteiger partial charge on any atom is -0.778 e. The summed E-state index contributed by atoms with van der Waals surface area (Å²) < 4.78 is 49.2. The summed E-state index contributed by atoms with van der Waals surface area (Å²) >= 11 is 0. The van der Waals surface area contributed by atoms with E-state index in [0.29, 0.717) is 19.8 Å². The molecule has 0 N–H and O–H groups in total. The first-order valence-electron chi connectivity index (χ1n) is 19.7. The van der Waals surface area contributed by atoms with E-state index >= 15 is 0 Å². The Bertz CT molecular complexity index is 691. The molecule has 0 amide bonds. The Morgan fingerprint density at radius 2 is 0.510 bits per heavy atom. The van der Waals surface area contributed by atoms with Gasteiger partial charge in [0.05, 0.1) is 19.8 Å². The van der Waals surface area contributed by atoms with Crippen molar-refractivity contribution in [1.29, 1.82) is 0 Å². The third-order valence-electron chi connectivity index (χ3n) is 7.71. The van der Waals surface area contributed by atoms with Gasteiger partial charge in [-0.2, -0.15) is 0 Å². The topological polar surface area (TPSA) is 148 Å². The van der Waals surface area contributed by atoms with Crippen molar-refractivity contribution in [2.45, 2.75) is 196 Å². The average molecular weight is 892 g/mol. The van der Waals surface area contributed by atoms with Gasteiger partial charge >= 0.3 is 40.8 Å². The van der Waals surface area contributed by atoms with Gasteiger partial charge in [0.25, 0.3) is 0 Å². The summed E-state index contributed by atoms with van der Waals surface area (Å²) in [6, 6.07) is 0. The molecule has 1 radical (unpaired) electrons. The molecule has 0 rings (SSSR count). The number of rotatable bonds is 33. The number of unbranched alkanes of at least 4 members (excludes halogenated alkanes) is 18. The molecule has 0 bridgehead atoms. The Balaban J connectivity index is -0.000000307. The van der Waals surface area contributed by atoms with Crippen LogP contribution in [0, 0.1) is 40.8 Å². The average Bonchev–Trinajstić information content (AvgIpc) is 3.04. The fourth-order valence-corrected chi connectivity index (χ4v) is 8.03. The molecule has 295 valence electrons. The number of hydrogen-bond donors (Lipinski definition) is 0. The van der Waals surface area contributed by atoms with Crippen LogP contribution < -0.4 is 14.7 Å². The van der Waals surface area contributed by atoms with Gasteiger partial charge in [-0.3, -0.25) is 0 Å². The van der Waals surface area contributed by atoms with Gasteiger partial charge in [0.1, 0.15) is 22.8 Å². The van der Waals surface area contributed by atoms with Gasteiger partial charge in [-0.15, -0.1) is 0 Å². The van der Waals surface area contributed by atoms with Crippen molar-refractivity contribution in [2.75, 3.05) is 38.3 Å². The third kappa shape index (κ3) is 52.0. The molecule has 0 aliphatic carbocycles. The first-order valence-corrected chi connectivity index (χ1v) is 24.9. The number of hydrogen-bond acceptors (Lipinski definition) is 9. The van der Waals surface area contributed by atoms with Gasteiger partial charge in [-0.1, -0.05) is 157 Å². The quantitative estimate of drug-likeness (QED) is 0.0464. The van der Waals surface area contributed by atoms with Gasteiger partial charge in [0.2, 0.25) is 0 Å². The molecule has 3 unspecified atom stereocenters. The monoisotopic (exact) mass is 889 g/mol. The third-order valence-corrected chi connectivity index (χ3v) is 12.0. The van der Waals surface area contributed by atoms with Gasteiger partial charge in [-0.05, 0) is 38.5 Å². The molecule has 3 atom stereocenters. The fourth-order valence-electron chi connectivity index (χ4n) is 4.59. The summed E-state index contributed by atoms with van der Waals surface area (Å²) in [5.74, 6) is 0. The summed E-state index contributed by atoms with van der Waals surface area (Å²) in [6.07, 6.45) is 25.2. The van der Waals surface area contributed by atoms with Crippen LogP contribution in [0.5, 0.6) is 0 Å². The molecule has 0 fully saturated rings. The van der Waals surface area contributed by atoms with E-state index in [-0.39, 0.29) is 59.3 Å². The van der Waals surface area contributed by atoms with Crippen LogP contribution in [-0.4, -0.2) is 38.3 Å². The second-order valence-electron chi connectivity index (χ2n) is 12.9. The molecule has 0 aliphatic rings. The van der Waals surface area contributed by atoms with Crippen molar-refractivity contribution in [2.24, 2.45) is 0 Å². The zero-order chi connectivity index (χ0) is 36.8. The molecule has 49 heavy (non-hydrogen) atoms. The molecular formula is C36H78NdO9P3. The van der Waals surface area contributed by atoms with Crippen LogP contribution in [0.25, 0.3) is 0 Å². The second-order valence-corrected chi connectivity index (χ2v) is 18.6. The van der Waals surface area contributed by atoms with Crippen molar-refractivity contribution >= 4 is 22.8 Å². The Kier molecular flexibility index (Phi) is 49.9.